The van der Waals surface area contributed by atoms with Crippen LogP contribution in [0, 0.1) is 6.92 Å². The minimum Gasteiger partial charge on any atom is -0.366 e. The summed E-state index contributed by atoms with van der Waals surface area (Å²) in [4.78, 5) is 49.2. The largest absolute Gasteiger partial charge is 0.366 e. The second-order valence-corrected chi connectivity index (χ2v) is 9.37. The highest BCUT2D eigenvalue weighted by molar-refractivity contribution is 8.01. The van der Waals surface area contributed by atoms with E-state index in [9.17, 15) is 19.2 Å². The number of nitrogens with one attached hydrogen (secondary N) is 2. The molecular weight excluding hydrogens is 466 g/mol. The lowest BCUT2D eigenvalue weighted by Crippen LogP contribution is -2.31. The summed E-state index contributed by atoms with van der Waals surface area (Å²) < 4.78 is 3.19. The fourth-order valence-corrected chi connectivity index (χ4v) is 4.20. The molecule has 3 aromatic rings. The van der Waals surface area contributed by atoms with Crippen LogP contribution in [0.4, 0.5) is 5.69 Å². The van der Waals surface area contributed by atoms with Crippen LogP contribution in [0.1, 0.15) is 28.5 Å². The Kier molecular flexibility index (Phi) is 8.53. The number of nitrogens with zero attached hydrogens (tertiary/aromatic N) is 2. The number of nitrogens with two attached hydrogens (primary N) is 1. The zero-order chi connectivity index (χ0) is 25.5. The highest BCUT2D eigenvalue weighted by Gasteiger charge is 2.21. The number of amides is 3. The van der Waals surface area contributed by atoms with Gasteiger partial charge < -0.3 is 16.4 Å². The first kappa shape index (κ1) is 25.8. The first-order valence-corrected chi connectivity index (χ1v) is 12.2. The summed E-state index contributed by atoms with van der Waals surface area (Å²) in [5.41, 5.74) is 7.83. The van der Waals surface area contributed by atoms with Crippen LogP contribution < -0.4 is 21.9 Å². The number of benzene rings is 2. The van der Waals surface area contributed by atoms with Gasteiger partial charge in [-0.15, -0.1) is 11.8 Å². The molecule has 1 heterocycles. The molecule has 0 aliphatic rings. The van der Waals surface area contributed by atoms with Gasteiger partial charge in [-0.05, 0) is 50.1 Å². The van der Waals surface area contributed by atoms with Gasteiger partial charge in [-0.3, -0.25) is 23.9 Å². The molecule has 0 aliphatic heterocycles. The van der Waals surface area contributed by atoms with Gasteiger partial charge >= 0.3 is 0 Å². The number of anilines is 1. The molecule has 1 atom stereocenters. The SMILES string of the molecule is Cc1c(NC(=O)C(C)SCC(=O)NCCc2cccc(C(N)=O)c2)c(=O)n(-c2ccccc2)n1C. The minimum absolute atomic E-state index is 0.0952. The van der Waals surface area contributed by atoms with Crippen molar-refractivity contribution in [3.8, 4) is 5.69 Å². The van der Waals surface area contributed by atoms with Crippen molar-refractivity contribution < 1.29 is 14.4 Å². The highest BCUT2D eigenvalue weighted by Crippen LogP contribution is 2.17. The molecule has 9 nitrogen and oxygen atoms in total. The Morgan fingerprint density at radius 3 is 2.49 bits per heavy atom. The zero-order valence-electron chi connectivity index (χ0n) is 19.9. The molecule has 2 aromatic carbocycles. The molecular formula is C25H29N5O4S. The van der Waals surface area contributed by atoms with E-state index in [4.69, 9.17) is 5.73 Å². The van der Waals surface area contributed by atoms with Crippen LogP contribution in [0.2, 0.25) is 0 Å². The lowest BCUT2D eigenvalue weighted by atomic mass is 10.1. The number of primary amides is 1. The summed E-state index contributed by atoms with van der Waals surface area (Å²) in [6.07, 6.45) is 0.550. The van der Waals surface area contributed by atoms with Gasteiger partial charge in [-0.1, -0.05) is 30.3 Å². The van der Waals surface area contributed by atoms with Gasteiger partial charge in [0.25, 0.3) is 5.56 Å². The maximum Gasteiger partial charge on any atom is 0.295 e. The monoisotopic (exact) mass is 495 g/mol. The fourth-order valence-electron chi connectivity index (χ4n) is 3.49. The maximum atomic E-state index is 13.0. The summed E-state index contributed by atoms with van der Waals surface area (Å²) in [7, 11) is 1.76. The normalized spacial score (nSPS) is 11.6. The van der Waals surface area contributed by atoms with Crippen molar-refractivity contribution in [2.45, 2.75) is 25.5 Å². The Labute approximate surface area is 207 Å². The van der Waals surface area contributed by atoms with Crippen LogP contribution >= 0.6 is 11.8 Å². The van der Waals surface area contributed by atoms with E-state index in [1.807, 2.05) is 36.4 Å². The number of aromatic nitrogens is 2. The molecule has 0 radical (unpaired) electrons. The van der Waals surface area contributed by atoms with E-state index in [0.29, 0.717) is 29.9 Å². The number of carbonyl (C=O) groups is 3. The number of carbonyl (C=O) groups excluding carboxylic acids is 3. The molecule has 1 aromatic heterocycles. The smallest absolute Gasteiger partial charge is 0.295 e. The van der Waals surface area contributed by atoms with Crippen LogP contribution in [0.3, 0.4) is 0 Å². The topological polar surface area (TPSA) is 128 Å². The van der Waals surface area contributed by atoms with E-state index < -0.39 is 11.2 Å². The van der Waals surface area contributed by atoms with Crippen molar-refractivity contribution in [1.82, 2.24) is 14.7 Å². The lowest BCUT2D eigenvalue weighted by Gasteiger charge is -2.11. The molecule has 0 fully saturated rings. The third-order valence-electron chi connectivity index (χ3n) is 5.58. The van der Waals surface area contributed by atoms with E-state index in [1.54, 1.807) is 43.8 Å². The van der Waals surface area contributed by atoms with Gasteiger partial charge in [0.1, 0.15) is 5.69 Å². The van der Waals surface area contributed by atoms with E-state index in [-0.39, 0.29) is 28.8 Å². The van der Waals surface area contributed by atoms with Crippen LogP contribution in [-0.2, 0) is 23.1 Å². The van der Waals surface area contributed by atoms with Crippen molar-refractivity contribution in [2.24, 2.45) is 12.8 Å². The van der Waals surface area contributed by atoms with Gasteiger partial charge in [0.15, 0.2) is 0 Å². The van der Waals surface area contributed by atoms with Gasteiger partial charge in [0, 0.05) is 19.2 Å². The molecule has 0 spiro atoms. The molecule has 3 rings (SSSR count). The zero-order valence-corrected chi connectivity index (χ0v) is 20.7. The first-order chi connectivity index (χ1) is 16.7. The quantitative estimate of drug-likeness (QED) is 0.396. The molecule has 0 aliphatic carbocycles. The Balaban J connectivity index is 1.51. The Hall–Kier alpha value is -3.79. The van der Waals surface area contributed by atoms with Crippen molar-refractivity contribution in [1.29, 1.82) is 0 Å². The Morgan fingerprint density at radius 1 is 1.09 bits per heavy atom. The number of hydrogen-bond donors (Lipinski definition) is 3. The lowest BCUT2D eigenvalue weighted by molar-refractivity contribution is -0.118. The average molecular weight is 496 g/mol. The summed E-state index contributed by atoms with van der Waals surface area (Å²) in [6.45, 7) is 3.85. The van der Waals surface area contributed by atoms with E-state index in [0.717, 1.165) is 5.56 Å². The van der Waals surface area contributed by atoms with Gasteiger partial charge in [-0.25, -0.2) is 4.68 Å². The molecule has 0 bridgehead atoms. The van der Waals surface area contributed by atoms with E-state index in [1.165, 1.54) is 16.4 Å². The molecule has 3 amide bonds. The van der Waals surface area contributed by atoms with E-state index >= 15 is 0 Å². The predicted octanol–water partition coefficient (Wildman–Crippen LogP) is 2.00. The van der Waals surface area contributed by atoms with Crippen molar-refractivity contribution in [3.63, 3.8) is 0 Å². The third-order valence-corrected chi connectivity index (χ3v) is 6.73. The van der Waals surface area contributed by atoms with E-state index in [2.05, 4.69) is 10.6 Å². The van der Waals surface area contributed by atoms with Crippen molar-refractivity contribution in [3.05, 3.63) is 81.8 Å². The number of para-hydroxylation sites is 1. The predicted molar refractivity (Wildman–Crippen MR) is 138 cm³/mol. The van der Waals surface area contributed by atoms with Crippen molar-refractivity contribution >= 4 is 35.2 Å². The van der Waals surface area contributed by atoms with Crippen LogP contribution in [-0.4, -0.2) is 44.6 Å². The first-order valence-electron chi connectivity index (χ1n) is 11.1. The minimum atomic E-state index is -0.544. The van der Waals surface area contributed by atoms with Gasteiger partial charge in [0.05, 0.1) is 22.4 Å². The van der Waals surface area contributed by atoms with Crippen LogP contribution in [0.25, 0.3) is 5.69 Å². The number of thioether (sulfide) groups is 1. The molecule has 0 saturated carbocycles. The van der Waals surface area contributed by atoms with Crippen LogP contribution in [0.15, 0.2) is 59.4 Å². The molecule has 4 N–H and O–H groups in total. The summed E-state index contributed by atoms with van der Waals surface area (Å²) in [5.74, 6) is -0.956. The Bertz CT molecular complexity index is 1280. The average Bonchev–Trinajstić information content (AvgIpc) is 3.06. The molecule has 0 saturated heterocycles. The number of hydrogen-bond acceptors (Lipinski definition) is 5. The summed E-state index contributed by atoms with van der Waals surface area (Å²) in [6, 6.07) is 16.1. The number of rotatable bonds is 10. The standard InChI is InChI=1S/C25H29N5O4S/c1-16-22(25(34)30(29(16)3)20-10-5-4-6-11-20)28-24(33)17(2)35-15-21(31)27-13-12-18-8-7-9-19(14-18)23(26)32/h4-11,14,17H,12-13,15H2,1-3H3,(H2,26,32)(H,27,31)(H,28,33). The summed E-state index contributed by atoms with van der Waals surface area (Å²) >= 11 is 1.18. The fraction of sp³-hybridized carbons (Fsp3) is 0.280. The molecule has 1 unspecified atom stereocenters. The van der Waals surface area contributed by atoms with Crippen LogP contribution in [0.5, 0.6) is 0 Å². The van der Waals surface area contributed by atoms with Crippen molar-refractivity contribution in [2.75, 3.05) is 17.6 Å². The van der Waals surface area contributed by atoms with Gasteiger partial charge in [-0.2, -0.15) is 0 Å². The van der Waals surface area contributed by atoms with Gasteiger partial charge in [0.2, 0.25) is 17.7 Å². The molecule has 10 heteroatoms. The second kappa shape index (κ2) is 11.6. The Morgan fingerprint density at radius 2 is 1.80 bits per heavy atom. The second-order valence-electron chi connectivity index (χ2n) is 8.04. The molecule has 35 heavy (non-hydrogen) atoms. The maximum absolute atomic E-state index is 13.0. The third kappa shape index (κ3) is 6.42. The summed E-state index contributed by atoms with van der Waals surface area (Å²) in [5, 5.41) is 4.99. The molecule has 184 valence electrons. The highest BCUT2D eigenvalue weighted by atomic mass is 32.2.